The maximum Gasteiger partial charge on any atom is 0.324 e. The Hall–Kier alpha value is -0.610. The van der Waals surface area contributed by atoms with E-state index in [0.717, 1.165) is 51.2 Å². The van der Waals surface area contributed by atoms with E-state index in [1.165, 1.54) is 25.8 Å². The van der Waals surface area contributed by atoms with Crippen LogP contribution in [-0.2, 0) is 4.79 Å². The SMILES string of the molecule is CCCN(CCC1CCCC1(NCC)C(=O)O)CC1CC1. The molecule has 4 heteroatoms. The molecule has 2 unspecified atom stereocenters. The second-order valence-corrected chi connectivity index (χ2v) is 6.93. The Morgan fingerprint density at radius 3 is 2.62 bits per heavy atom. The average molecular weight is 296 g/mol. The van der Waals surface area contributed by atoms with Gasteiger partial charge in [-0.3, -0.25) is 4.79 Å². The van der Waals surface area contributed by atoms with Crippen molar-refractivity contribution in [2.75, 3.05) is 26.2 Å². The minimum atomic E-state index is -0.661. The van der Waals surface area contributed by atoms with Gasteiger partial charge in [-0.1, -0.05) is 20.3 Å². The highest BCUT2D eigenvalue weighted by molar-refractivity contribution is 5.79. The van der Waals surface area contributed by atoms with Gasteiger partial charge in [-0.05, 0) is 70.0 Å². The zero-order valence-corrected chi connectivity index (χ0v) is 13.7. The van der Waals surface area contributed by atoms with E-state index in [1.54, 1.807) is 0 Å². The minimum absolute atomic E-state index is 0.286. The Kier molecular flexibility index (Phi) is 6.06. The molecule has 0 aromatic rings. The van der Waals surface area contributed by atoms with Gasteiger partial charge in [0.05, 0.1) is 0 Å². The molecule has 2 saturated carbocycles. The summed E-state index contributed by atoms with van der Waals surface area (Å²) in [5.41, 5.74) is -0.661. The molecule has 0 radical (unpaired) electrons. The molecule has 2 aliphatic carbocycles. The van der Waals surface area contributed by atoms with Crippen molar-refractivity contribution in [2.24, 2.45) is 11.8 Å². The highest BCUT2D eigenvalue weighted by Gasteiger charge is 2.48. The first-order valence-corrected chi connectivity index (χ1v) is 8.83. The van der Waals surface area contributed by atoms with Crippen LogP contribution in [0.2, 0.25) is 0 Å². The smallest absolute Gasteiger partial charge is 0.324 e. The van der Waals surface area contributed by atoms with Gasteiger partial charge in [0.2, 0.25) is 0 Å². The summed E-state index contributed by atoms with van der Waals surface area (Å²) >= 11 is 0. The number of aliphatic carboxylic acids is 1. The van der Waals surface area contributed by atoms with Gasteiger partial charge in [-0.25, -0.2) is 0 Å². The van der Waals surface area contributed by atoms with E-state index < -0.39 is 11.5 Å². The highest BCUT2D eigenvalue weighted by atomic mass is 16.4. The molecular formula is C17H32N2O2. The van der Waals surface area contributed by atoms with Crippen molar-refractivity contribution in [1.82, 2.24) is 10.2 Å². The Bertz CT molecular complexity index is 344. The predicted molar refractivity (Wildman–Crippen MR) is 85.5 cm³/mol. The topological polar surface area (TPSA) is 52.6 Å². The number of carboxylic acids is 1. The Labute approximate surface area is 129 Å². The summed E-state index contributed by atoms with van der Waals surface area (Å²) in [6.07, 6.45) is 7.88. The fourth-order valence-electron chi connectivity index (χ4n) is 3.99. The first kappa shape index (κ1) is 16.8. The van der Waals surface area contributed by atoms with Gasteiger partial charge in [0.15, 0.2) is 0 Å². The largest absolute Gasteiger partial charge is 0.480 e. The van der Waals surface area contributed by atoms with Gasteiger partial charge < -0.3 is 15.3 Å². The van der Waals surface area contributed by atoms with Crippen molar-refractivity contribution in [3.05, 3.63) is 0 Å². The van der Waals surface area contributed by atoms with Gasteiger partial charge in [-0.15, -0.1) is 0 Å². The van der Waals surface area contributed by atoms with Crippen LogP contribution < -0.4 is 5.32 Å². The summed E-state index contributed by atoms with van der Waals surface area (Å²) in [4.78, 5) is 14.4. The Morgan fingerprint density at radius 1 is 1.29 bits per heavy atom. The van der Waals surface area contributed by atoms with Crippen LogP contribution in [0.25, 0.3) is 0 Å². The number of nitrogens with one attached hydrogen (secondary N) is 1. The molecule has 0 aromatic heterocycles. The fraction of sp³-hybridized carbons (Fsp3) is 0.941. The number of carbonyl (C=O) groups is 1. The zero-order chi connectivity index (χ0) is 15.3. The lowest BCUT2D eigenvalue weighted by Gasteiger charge is -2.33. The number of likely N-dealkylation sites (N-methyl/N-ethyl adjacent to an activating group) is 1. The van der Waals surface area contributed by atoms with Crippen molar-refractivity contribution in [3.8, 4) is 0 Å². The van der Waals surface area contributed by atoms with Crippen molar-refractivity contribution in [2.45, 2.75) is 64.3 Å². The van der Waals surface area contributed by atoms with Crippen LogP contribution in [0, 0.1) is 11.8 Å². The van der Waals surface area contributed by atoms with Gasteiger partial charge >= 0.3 is 5.97 Å². The second-order valence-electron chi connectivity index (χ2n) is 6.93. The first-order valence-electron chi connectivity index (χ1n) is 8.83. The maximum absolute atomic E-state index is 11.8. The van der Waals surface area contributed by atoms with E-state index in [9.17, 15) is 9.90 Å². The van der Waals surface area contributed by atoms with Crippen LogP contribution >= 0.6 is 0 Å². The molecule has 2 atom stereocenters. The van der Waals surface area contributed by atoms with Gasteiger partial charge in [0.1, 0.15) is 5.54 Å². The van der Waals surface area contributed by atoms with Crippen LogP contribution in [-0.4, -0.2) is 47.7 Å². The lowest BCUT2D eigenvalue weighted by molar-refractivity contribution is -0.146. The number of hydrogen-bond donors (Lipinski definition) is 2. The third-order valence-electron chi connectivity index (χ3n) is 5.24. The first-order chi connectivity index (χ1) is 10.1. The molecular weight excluding hydrogens is 264 g/mol. The Morgan fingerprint density at radius 2 is 2.05 bits per heavy atom. The van der Waals surface area contributed by atoms with E-state index in [0.29, 0.717) is 0 Å². The van der Waals surface area contributed by atoms with E-state index >= 15 is 0 Å². The Balaban J connectivity index is 1.90. The number of hydrogen-bond acceptors (Lipinski definition) is 3. The van der Waals surface area contributed by atoms with E-state index in [-0.39, 0.29) is 5.92 Å². The molecule has 0 saturated heterocycles. The molecule has 4 nitrogen and oxygen atoms in total. The highest BCUT2D eigenvalue weighted by Crippen LogP contribution is 2.38. The molecule has 0 amide bonds. The van der Waals surface area contributed by atoms with E-state index in [1.807, 2.05) is 6.92 Å². The molecule has 21 heavy (non-hydrogen) atoms. The summed E-state index contributed by atoms with van der Waals surface area (Å²) < 4.78 is 0. The monoisotopic (exact) mass is 296 g/mol. The summed E-state index contributed by atoms with van der Waals surface area (Å²) in [5.74, 6) is 0.558. The van der Waals surface area contributed by atoms with Crippen molar-refractivity contribution in [3.63, 3.8) is 0 Å². The fourth-order valence-corrected chi connectivity index (χ4v) is 3.99. The molecule has 0 spiro atoms. The van der Waals surface area contributed by atoms with E-state index in [4.69, 9.17) is 0 Å². The molecule has 0 aliphatic heterocycles. The number of nitrogens with zero attached hydrogens (tertiary/aromatic N) is 1. The predicted octanol–water partition coefficient (Wildman–Crippen LogP) is 2.73. The number of rotatable bonds is 10. The lowest BCUT2D eigenvalue weighted by Crippen LogP contribution is -2.55. The molecule has 0 aromatic carbocycles. The van der Waals surface area contributed by atoms with Crippen LogP contribution in [0.1, 0.15) is 58.8 Å². The van der Waals surface area contributed by atoms with Crippen LogP contribution in [0.3, 0.4) is 0 Å². The van der Waals surface area contributed by atoms with Gasteiger partial charge in [0, 0.05) is 6.54 Å². The summed E-state index contributed by atoms with van der Waals surface area (Å²) in [6, 6.07) is 0. The zero-order valence-electron chi connectivity index (χ0n) is 13.7. The molecule has 2 rings (SSSR count). The van der Waals surface area contributed by atoms with E-state index in [2.05, 4.69) is 17.1 Å². The van der Waals surface area contributed by atoms with Crippen LogP contribution in [0.15, 0.2) is 0 Å². The molecule has 122 valence electrons. The van der Waals surface area contributed by atoms with Crippen molar-refractivity contribution < 1.29 is 9.90 Å². The lowest BCUT2D eigenvalue weighted by atomic mass is 9.84. The summed E-state index contributed by atoms with van der Waals surface area (Å²) in [5, 5.41) is 13.0. The summed E-state index contributed by atoms with van der Waals surface area (Å²) in [6.45, 7) is 8.43. The normalized spacial score (nSPS) is 29.2. The molecule has 0 bridgehead atoms. The molecule has 2 aliphatic rings. The van der Waals surface area contributed by atoms with Gasteiger partial charge in [0.25, 0.3) is 0 Å². The van der Waals surface area contributed by atoms with Crippen molar-refractivity contribution >= 4 is 5.97 Å². The third kappa shape index (κ3) is 4.19. The molecule has 0 heterocycles. The molecule has 2 N–H and O–H groups in total. The quantitative estimate of drug-likeness (QED) is 0.651. The van der Waals surface area contributed by atoms with Crippen LogP contribution in [0.4, 0.5) is 0 Å². The summed E-state index contributed by atoms with van der Waals surface area (Å²) in [7, 11) is 0. The number of carboxylic acid groups (broad SMARTS) is 1. The minimum Gasteiger partial charge on any atom is -0.480 e. The van der Waals surface area contributed by atoms with Crippen molar-refractivity contribution in [1.29, 1.82) is 0 Å². The third-order valence-corrected chi connectivity index (χ3v) is 5.24. The average Bonchev–Trinajstić information content (AvgIpc) is 3.16. The standard InChI is InChI=1S/C17H32N2O2/c1-3-11-19(13-14-7-8-14)12-9-15-6-5-10-17(15,16(20)21)18-4-2/h14-15,18H,3-13H2,1-2H3,(H,20,21). The molecule has 2 fully saturated rings. The van der Waals surface area contributed by atoms with Gasteiger partial charge in [-0.2, -0.15) is 0 Å². The van der Waals surface area contributed by atoms with Crippen LogP contribution in [0.5, 0.6) is 0 Å². The maximum atomic E-state index is 11.8. The second kappa shape index (κ2) is 7.59.